The van der Waals surface area contributed by atoms with Crippen LogP contribution in [0.1, 0.15) is 50.7 Å². The van der Waals surface area contributed by atoms with Crippen LogP contribution < -0.4 is 10.6 Å². The van der Waals surface area contributed by atoms with Crippen LogP contribution in [0.2, 0.25) is 0 Å². The maximum absolute atomic E-state index is 2.54. The Kier molecular flexibility index (Phi) is 5.28. The monoisotopic (exact) mass is 420 g/mol. The van der Waals surface area contributed by atoms with Gasteiger partial charge >= 0.3 is 169 Å². The van der Waals surface area contributed by atoms with E-state index in [9.17, 15) is 0 Å². The van der Waals surface area contributed by atoms with E-state index in [1.807, 2.05) is 0 Å². The Bertz CT molecular complexity index is 779. The summed E-state index contributed by atoms with van der Waals surface area (Å²) in [5.41, 5.74) is 2.87. The molecule has 0 nitrogen and oxygen atoms in total. The van der Waals surface area contributed by atoms with Gasteiger partial charge in [0.15, 0.2) is 0 Å². The van der Waals surface area contributed by atoms with Gasteiger partial charge in [-0.2, -0.15) is 0 Å². The third-order valence-corrected chi connectivity index (χ3v) is 29.6. The Balaban J connectivity index is 1.95. The van der Waals surface area contributed by atoms with Gasteiger partial charge in [0.2, 0.25) is 0 Å². The van der Waals surface area contributed by atoms with Crippen LogP contribution in [0.3, 0.4) is 0 Å². The zero-order valence-corrected chi connectivity index (χ0v) is 19.8. The van der Waals surface area contributed by atoms with E-state index in [-0.39, 0.29) is 7.61 Å². The van der Waals surface area contributed by atoms with Gasteiger partial charge < -0.3 is 0 Å². The van der Waals surface area contributed by atoms with E-state index in [2.05, 4.69) is 86.9 Å². The molecule has 4 rings (SSSR count). The van der Waals surface area contributed by atoms with Crippen LogP contribution in [-0.4, -0.2) is 12.3 Å². The van der Waals surface area contributed by atoms with Gasteiger partial charge in [0.05, 0.1) is 0 Å². The molecule has 140 valence electrons. The molecule has 2 aromatic carbocycles. The molecule has 26 heavy (non-hydrogen) atoms. The SMILES string of the molecule is CCCCP12(CCCC)Sc3ccc(C)cc3P1c1cc(C)ccc1S2. The van der Waals surface area contributed by atoms with Crippen molar-refractivity contribution < 1.29 is 0 Å². The Labute approximate surface area is 168 Å². The summed E-state index contributed by atoms with van der Waals surface area (Å²) in [6, 6.07) is 14.6. The van der Waals surface area contributed by atoms with Crippen LogP contribution in [0, 0.1) is 13.8 Å². The van der Waals surface area contributed by atoms with E-state index >= 15 is 0 Å². The minimum atomic E-state index is -1.95. The minimum absolute atomic E-state index is 0.192. The van der Waals surface area contributed by atoms with Crippen molar-refractivity contribution in [2.24, 2.45) is 0 Å². The number of aryl methyl sites for hydroxylation is 2. The van der Waals surface area contributed by atoms with Crippen LogP contribution in [0.5, 0.6) is 0 Å². The Morgan fingerprint density at radius 2 is 1.23 bits per heavy atom. The molecule has 0 unspecified atom stereocenters. The summed E-state index contributed by atoms with van der Waals surface area (Å²) in [4.78, 5) is 3.23. The molecule has 0 spiro atoms. The fourth-order valence-electron chi connectivity index (χ4n) is 4.33. The predicted molar refractivity (Wildman–Crippen MR) is 127 cm³/mol. The second-order valence-electron chi connectivity index (χ2n) is 7.85. The molecule has 0 fully saturated rings. The number of hydrogen-bond donors (Lipinski definition) is 0. The van der Waals surface area contributed by atoms with E-state index < -0.39 is 4.70 Å². The molecule has 0 atom stereocenters. The number of rotatable bonds is 6. The second kappa shape index (κ2) is 7.11. The molecule has 0 radical (unpaired) electrons. The number of benzene rings is 2. The average molecular weight is 421 g/mol. The van der Waals surface area contributed by atoms with Gasteiger partial charge in [-0.3, -0.25) is 0 Å². The molecule has 4 heteroatoms. The molecule has 0 saturated heterocycles. The molecule has 2 aliphatic rings. The predicted octanol–water partition coefficient (Wildman–Crippen LogP) is 7.85. The molecule has 0 bridgehead atoms. The van der Waals surface area contributed by atoms with Gasteiger partial charge in [-0.05, 0) is 0 Å². The van der Waals surface area contributed by atoms with Crippen molar-refractivity contribution in [3.8, 4) is 0 Å². The van der Waals surface area contributed by atoms with Crippen LogP contribution in [0.25, 0.3) is 0 Å². The van der Waals surface area contributed by atoms with Crippen LogP contribution in [0.4, 0.5) is 0 Å². The van der Waals surface area contributed by atoms with Crippen molar-refractivity contribution in [1.29, 1.82) is 0 Å². The molecule has 0 saturated carbocycles. The number of hydrogen-bond acceptors (Lipinski definition) is 2. The van der Waals surface area contributed by atoms with Gasteiger partial charge in [0.25, 0.3) is 0 Å². The van der Waals surface area contributed by atoms with Gasteiger partial charge in [-0.15, -0.1) is 0 Å². The molecule has 0 N–H and O–H groups in total. The summed E-state index contributed by atoms with van der Waals surface area (Å²) in [7, 11) is -0.192. The molecule has 2 aliphatic heterocycles. The van der Waals surface area contributed by atoms with Crippen LogP contribution >= 0.6 is 35.1 Å². The summed E-state index contributed by atoms with van der Waals surface area (Å²) in [5.74, 6) is 0. The number of fused-ring (bicyclic) bond motifs is 5. The first-order valence-electron chi connectivity index (χ1n) is 9.94. The quantitative estimate of drug-likeness (QED) is 0.437. The Morgan fingerprint density at radius 3 is 1.65 bits per heavy atom. The van der Waals surface area contributed by atoms with E-state index in [1.54, 1.807) is 20.4 Å². The third kappa shape index (κ3) is 2.91. The molecule has 0 aliphatic carbocycles. The van der Waals surface area contributed by atoms with Crippen LogP contribution in [0.15, 0.2) is 46.2 Å². The first-order valence-corrected chi connectivity index (χ1v) is 17.4. The first kappa shape index (κ1) is 19.3. The molecule has 0 amide bonds. The summed E-state index contributed by atoms with van der Waals surface area (Å²) >= 11 is 4.75. The average Bonchev–Trinajstić information content (AvgIpc) is 3.06. The van der Waals surface area contributed by atoms with Crippen molar-refractivity contribution in [2.75, 3.05) is 12.3 Å². The molecular formula is C22H30P2S2. The standard InChI is InChI=1S/C22H30P2S2/c1-5-7-13-24(14-8-6-2)23(19-15-17(3)9-11-21(19)25-24)20-16-18(4)10-12-22(20)26-24/h9-12,15-16H,5-8,13-14H2,1-4H3. The van der Waals surface area contributed by atoms with E-state index in [1.165, 1.54) is 49.1 Å². The van der Waals surface area contributed by atoms with Crippen molar-refractivity contribution in [3.63, 3.8) is 0 Å². The molecular weight excluding hydrogens is 390 g/mol. The van der Waals surface area contributed by atoms with Gasteiger partial charge in [0.1, 0.15) is 0 Å². The summed E-state index contributed by atoms with van der Waals surface area (Å²) in [5, 5.41) is 3.43. The Hall–Kier alpha value is -0.0000000000000000555. The normalized spacial score (nSPS) is 22.9. The number of unbranched alkanes of at least 4 members (excludes halogenated alkanes) is 2. The summed E-state index contributed by atoms with van der Waals surface area (Å²) in [6.45, 7) is 9.28. The summed E-state index contributed by atoms with van der Waals surface area (Å²) in [6.07, 6.45) is 8.34. The third-order valence-electron chi connectivity index (χ3n) is 5.65. The van der Waals surface area contributed by atoms with Crippen molar-refractivity contribution in [2.45, 2.75) is 63.2 Å². The Morgan fingerprint density at radius 1 is 0.769 bits per heavy atom. The second-order valence-corrected chi connectivity index (χ2v) is 26.9. The zero-order valence-electron chi connectivity index (χ0n) is 16.4. The summed E-state index contributed by atoms with van der Waals surface area (Å²) < 4.78 is -1.95. The van der Waals surface area contributed by atoms with Gasteiger partial charge in [-0.1, -0.05) is 0 Å². The maximum atomic E-state index is 2.54. The van der Waals surface area contributed by atoms with Gasteiger partial charge in [0, 0.05) is 0 Å². The zero-order chi connectivity index (χ0) is 18.4. The van der Waals surface area contributed by atoms with Crippen molar-refractivity contribution in [1.82, 2.24) is 0 Å². The van der Waals surface area contributed by atoms with Crippen molar-refractivity contribution >= 4 is 45.7 Å². The van der Waals surface area contributed by atoms with E-state index in [0.29, 0.717) is 0 Å². The van der Waals surface area contributed by atoms with Crippen LogP contribution in [-0.2, 0) is 0 Å². The fraction of sp³-hybridized carbons (Fsp3) is 0.455. The molecule has 2 aromatic rings. The van der Waals surface area contributed by atoms with Gasteiger partial charge in [-0.25, -0.2) is 0 Å². The van der Waals surface area contributed by atoms with E-state index in [0.717, 1.165) is 0 Å². The fourth-order valence-corrected chi connectivity index (χ4v) is 33.8. The molecule has 2 heterocycles. The van der Waals surface area contributed by atoms with E-state index in [4.69, 9.17) is 0 Å². The first-order chi connectivity index (χ1) is 12.5. The topological polar surface area (TPSA) is 0 Å². The van der Waals surface area contributed by atoms with Crippen molar-refractivity contribution in [3.05, 3.63) is 47.5 Å². The molecule has 0 aromatic heterocycles.